The molecule has 4 heteroatoms. The van der Waals surface area contributed by atoms with Crippen LogP contribution in [0, 0.1) is 12.8 Å². The Kier molecular flexibility index (Phi) is 4.52. The fourth-order valence-electron chi connectivity index (χ4n) is 1.61. The first-order chi connectivity index (χ1) is 7.95. The molecule has 1 aromatic carbocycles. The average Bonchev–Trinajstić information content (AvgIpc) is 2.24. The van der Waals surface area contributed by atoms with Crippen molar-refractivity contribution in [1.82, 2.24) is 5.32 Å². The largest absolute Gasteiger partial charge is 0.399 e. The predicted molar refractivity (Wildman–Crippen MR) is 68.8 cm³/mol. The number of aliphatic hydroxyl groups excluding tert-OH is 1. The van der Waals surface area contributed by atoms with Gasteiger partial charge in [-0.3, -0.25) is 4.79 Å². The van der Waals surface area contributed by atoms with Crippen LogP contribution >= 0.6 is 0 Å². The minimum absolute atomic E-state index is 0.0581. The van der Waals surface area contributed by atoms with E-state index in [0.717, 1.165) is 5.56 Å². The predicted octanol–water partition coefficient (Wildman–Crippen LogP) is 1.32. The second kappa shape index (κ2) is 5.68. The summed E-state index contributed by atoms with van der Waals surface area (Å²) in [6, 6.07) is 4.94. The lowest BCUT2D eigenvalue weighted by Crippen LogP contribution is -2.41. The van der Waals surface area contributed by atoms with Crippen LogP contribution in [0.2, 0.25) is 0 Å². The minimum atomic E-state index is -0.223. The third-order valence-corrected chi connectivity index (χ3v) is 2.81. The minimum Gasteiger partial charge on any atom is -0.399 e. The van der Waals surface area contributed by atoms with E-state index in [1.54, 1.807) is 18.2 Å². The number of benzene rings is 1. The van der Waals surface area contributed by atoms with E-state index < -0.39 is 0 Å². The lowest BCUT2D eigenvalue weighted by Gasteiger charge is -2.20. The van der Waals surface area contributed by atoms with Gasteiger partial charge in [-0.25, -0.2) is 0 Å². The van der Waals surface area contributed by atoms with E-state index >= 15 is 0 Å². The van der Waals surface area contributed by atoms with Crippen molar-refractivity contribution in [3.63, 3.8) is 0 Å². The number of nitrogens with two attached hydrogens (primary N) is 1. The maximum Gasteiger partial charge on any atom is 0.251 e. The number of nitrogens with one attached hydrogen (secondary N) is 1. The van der Waals surface area contributed by atoms with Crippen LogP contribution in [0.15, 0.2) is 18.2 Å². The van der Waals surface area contributed by atoms with Crippen molar-refractivity contribution in [2.75, 3.05) is 12.3 Å². The lowest BCUT2D eigenvalue weighted by molar-refractivity contribution is 0.0896. The van der Waals surface area contributed by atoms with Crippen LogP contribution in [-0.4, -0.2) is 23.7 Å². The van der Waals surface area contributed by atoms with Gasteiger partial charge in [0.05, 0.1) is 12.6 Å². The van der Waals surface area contributed by atoms with Crippen LogP contribution in [0.25, 0.3) is 0 Å². The molecular weight excluding hydrogens is 216 g/mol. The molecule has 0 aliphatic carbocycles. The third kappa shape index (κ3) is 3.46. The number of amides is 1. The van der Waals surface area contributed by atoms with Crippen LogP contribution in [0.1, 0.15) is 29.8 Å². The number of hydrogen-bond acceptors (Lipinski definition) is 3. The van der Waals surface area contributed by atoms with Gasteiger partial charge in [0, 0.05) is 11.3 Å². The lowest BCUT2D eigenvalue weighted by atomic mass is 10.0. The zero-order chi connectivity index (χ0) is 13.0. The highest BCUT2D eigenvalue weighted by Crippen LogP contribution is 2.13. The number of nitrogen functional groups attached to an aromatic ring is 1. The summed E-state index contributed by atoms with van der Waals surface area (Å²) >= 11 is 0. The Balaban J connectivity index is 2.82. The molecule has 1 rings (SSSR count). The number of hydrogen-bond donors (Lipinski definition) is 3. The van der Waals surface area contributed by atoms with E-state index in [2.05, 4.69) is 5.32 Å². The van der Waals surface area contributed by atoms with Gasteiger partial charge in [0.15, 0.2) is 0 Å². The Labute approximate surface area is 102 Å². The Bertz CT molecular complexity index is 402. The van der Waals surface area contributed by atoms with Crippen molar-refractivity contribution in [2.24, 2.45) is 5.92 Å². The molecule has 0 aliphatic heterocycles. The van der Waals surface area contributed by atoms with Crippen molar-refractivity contribution in [3.8, 4) is 0 Å². The highest BCUT2D eigenvalue weighted by atomic mass is 16.3. The molecule has 0 heterocycles. The van der Waals surface area contributed by atoms with Crippen LogP contribution in [0.5, 0.6) is 0 Å². The maximum absolute atomic E-state index is 12.0. The van der Waals surface area contributed by atoms with Crippen LogP contribution in [-0.2, 0) is 0 Å². The van der Waals surface area contributed by atoms with Crippen molar-refractivity contribution in [3.05, 3.63) is 29.3 Å². The van der Waals surface area contributed by atoms with Gasteiger partial charge in [0.2, 0.25) is 0 Å². The summed E-state index contributed by atoms with van der Waals surface area (Å²) < 4.78 is 0. The molecule has 0 unspecified atom stereocenters. The molecule has 1 aromatic rings. The van der Waals surface area contributed by atoms with Crippen molar-refractivity contribution in [2.45, 2.75) is 26.8 Å². The van der Waals surface area contributed by atoms with E-state index in [1.165, 1.54) is 0 Å². The average molecular weight is 236 g/mol. The van der Waals surface area contributed by atoms with Gasteiger partial charge in [-0.2, -0.15) is 0 Å². The van der Waals surface area contributed by atoms with E-state index in [1.807, 2.05) is 20.8 Å². The summed E-state index contributed by atoms with van der Waals surface area (Å²) in [6.07, 6.45) is 0. The first-order valence-electron chi connectivity index (χ1n) is 5.73. The topological polar surface area (TPSA) is 75.4 Å². The monoisotopic (exact) mass is 236 g/mol. The molecule has 0 fully saturated rings. The third-order valence-electron chi connectivity index (χ3n) is 2.81. The van der Waals surface area contributed by atoms with Crippen LogP contribution in [0.3, 0.4) is 0 Å². The normalized spacial score (nSPS) is 12.5. The van der Waals surface area contributed by atoms with Gasteiger partial charge in [-0.05, 0) is 36.6 Å². The molecule has 1 atom stereocenters. The van der Waals surface area contributed by atoms with Crippen LogP contribution in [0.4, 0.5) is 5.69 Å². The summed E-state index contributed by atoms with van der Waals surface area (Å²) in [4.78, 5) is 12.0. The molecule has 94 valence electrons. The molecule has 0 saturated carbocycles. The Morgan fingerprint density at radius 3 is 2.59 bits per heavy atom. The number of aryl methyl sites for hydroxylation is 1. The molecule has 0 aliphatic rings. The van der Waals surface area contributed by atoms with Gasteiger partial charge in [0.25, 0.3) is 5.91 Å². The summed E-state index contributed by atoms with van der Waals surface area (Å²) in [5.41, 5.74) is 7.70. The number of aliphatic hydroxyl groups is 1. The zero-order valence-corrected chi connectivity index (χ0v) is 10.5. The van der Waals surface area contributed by atoms with E-state index in [4.69, 9.17) is 5.73 Å². The zero-order valence-electron chi connectivity index (χ0n) is 10.5. The molecule has 0 saturated heterocycles. The molecule has 4 N–H and O–H groups in total. The summed E-state index contributed by atoms with van der Waals surface area (Å²) in [6.45, 7) is 5.69. The molecule has 1 amide bonds. The highest BCUT2D eigenvalue weighted by Gasteiger charge is 2.17. The Hall–Kier alpha value is -1.55. The van der Waals surface area contributed by atoms with Gasteiger partial charge in [-0.1, -0.05) is 13.8 Å². The number of rotatable bonds is 4. The number of anilines is 1. The molecule has 0 bridgehead atoms. The smallest absolute Gasteiger partial charge is 0.251 e. The van der Waals surface area contributed by atoms with E-state index in [9.17, 15) is 9.90 Å². The molecule has 0 radical (unpaired) electrons. The SMILES string of the molecule is Cc1cc(N)ccc1C(=O)N[C@H](CO)C(C)C. The second-order valence-electron chi connectivity index (χ2n) is 4.58. The van der Waals surface area contributed by atoms with Crippen LogP contribution < -0.4 is 11.1 Å². The van der Waals surface area contributed by atoms with Crippen molar-refractivity contribution < 1.29 is 9.90 Å². The summed E-state index contributed by atoms with van der Waals surface area (Å²) in [5.74, 6) is 0.0216. The summed E-state index contributed by atoms with van der Waals surface area (Å²) in [7, 11) is 0. The molecule has 4 nitrogen and oxygen atoms in total. The first-order valence-corrected chi connectivity index (χ1v) is 5.73. The molecule has 0 spiro atoms. The van der Waals surface area contributed by atoms with Gasteiger partial charge in [0.1, 0.15) is 0 Å². The molecule has 0 aromatic heterocycles. The highest BCUT2D eigenvalue weighted by molar-refractivity contribution is 5.96. The number of carbonyl (C=O) groups excluding carboxylic acids is 1. The Morgan fingerprint density at radius 2 is 2.12 bits per heavy atom. The summed E-state index contributed by atoms with van der Waals surface area (Å²) in [5, 5.41) is 12.0. The molecular formula is C13H20N2O2. The van der Waals surface area contributed by atoms with Crippen molar-refractivity contribution >= 4 is 11.6 Å². The van der Waals surface area contributed by atoms with Gasteiger partial charge >= 0.3 is 0 Å². The standard InChI is InChI=1S/C13H20N2O2/c1-8(2)12(7-16)15-13(17)11-5-4-10(14)6-9(11)3/h4-6,8,12,16H,7,14H2,1-3H3,(H,15,17)/t12-/m1/s1. The molecule has 17 heavy (non-hydrogen) atoms. The van der Waals surface area contributed by atoms with Gasteiger partial charge in [-0.15, -0.1) is 0 Å². The number of carbonyl (C=O) groups is 1. The fraction of sp³-hybridized carbons (Fsp3) is 0.462. The van der Waals surface area contributed by atoms with E-state index in [-0.39, 0.29) is 24.5 Å². The fourth-order valence-corrected chi connectivity index (χ4v) is 1.61. The van der Waals surface area contributed by atoms with Crippen molar-refractivity contribution in [1.29, 1.82) is 0 Å². The first kappa shape index (κ1) is 13.5. The van der Waals surface area contributed by atoms with Gasteiger partial charge < -0.3 is 16.2 Å². The quantitative estimate of drug-likeness (QED) is 0.690. The van der Waals surface area contributed by atoms with E-state index in [0.29, 0.717) is 11.3 Å². The maximum atomic E-state index is 12.0. The second-order valence-corrected chi connectivity index (χ2v) is 4.58. The Morgan fingerprint density at radius 1 is 1.47 bits per heavy atom.